The van der Waals surface area contributed by atoms with Crippen LogP contribution in [0.15, 0.2) is 60.7 Å². The first-order valence-corrected chi connectivity index (χ1v) is 8.01. The molecule has 0 aliphatic carbocycles. The molecule has 0 unspecified atom stereocenters. The van der Waals surface area contributed by atoms with Gasteiger partial charge in [-0.1, -0.05) is 35.9 Å². The quantitative estimate of drug-likeness (QED) is 0.407. The maximum atomic E-state index is 14.4. The van der Waals surface area contributed by atoms with E-state index in [0.29, 0.717) is 21.7 Å². The van der Waals surface area contributed by atoms with Crippen LogP contribution in [-0.4, -0.2) is 0 Å². The fraction of sp³-hybridized carbons (Fsp3) is 0. The Balaban J connectivity index is 2.03. The van der Waals surface area contributed by atoms with Gasteiger partial charge >= 0.3 is 0 Å². The number of benzene rings is 3. The molecule has 0 heterocycles. The third-order valence-electron chi connectivity index (χ3n) is 3.37. The van der Waals surface area contributed by atoms with Gasteiger partial charge < -0.3 is 0 Å². The largest absolute Gasteiger partial charge is 0.206 e. The molecule has 3 rings (SSSR count). The molecule has 0 saturated heterocycles. The van der Waals surface area contributed by atoms with E-state index < -0.39 is 5.82 Å². The third-order valence-corrected chi connectivity index (χ3v) is 4.32. The molecule has 0 aliphatic rings. The van der Waals surface area contributed by atoms with Gasteiger partial charge in [-0.2, -0.15) is 0 Å². The molecule has 4 heteroatoms. The summed E-state index contributed by atoms with van der Waals surface area (Å²) in [5, 5.41) is 0.317. The molecule has 0 atom stereocenters. The lowest BCUT2D eigenvalue weighted by atomic mass is 9.99. The van der Waals surface area contributed by atoms with Crippen molar-refractivity contribution in [3.05, 3.63) is 80.9 Å². The minimum atomic E-state index is -0.464. The Morgan fingerprint density at radius 2 is 1.23 bits per heavy atom. The third kappa shape index (κ3) is 3.15. The van der Waals surface area contributed by atoms with Crippen LogP contribution in [0.2, 0.25) is 5.02 Å². The minimum absolute atomic E-state index is 0.317. The zero-order chi connectivity index (χ0) is 15.7. The fourth-order valence-electron chi connectivity index (χ4n) is 2.27. The van der Waals surface area contributed by atoms with Crippen LogP contribution in [0.3, 0.4) is 0 Å². The molecular weight excluding hydrogens is 417 g/mol. The summed E-state index contributed by atoms with van der Waals surface area (Å²) >= 11 is 7.94. The maximum Gasteiger partial charge on any atom is 0.132 e. The number of rotatable bonds is 2. The van der Waals surface area contributed by atoms with Crippen LogP contribution in [-0.2, 0) is 0 Å². The summed E-state index contributed by atoms with van der Waals surface area (Å²) in [6, 6.07) is 16.7. The number of halogens is 4. The summed E-state index contributed by atoms with van der Waals surface area (Å²) in [6.45, 7) is 0. The van der Waals surface area contributed by atoms with E-state index >= 15 is 0 Å². The van der Waals surface area contributed by atoms with Gasteiger partial charge in [0, 0.05) is 19.7 Å². The van der Waals surface area contributed by atoms with Crippen molar-refractivity contribution < 1.29 is 8.78 Å². The van der Waals surface area contributed by atoms with Crippen LogP contribution in [0.4, 0.5) is 8.78 Å². The first-order valence-electron chi connectivity index (χ1n) is 6.55. The highest BCUT2D eigenvalue weighted by atomic mass is 127. The van der Waals surface area contributed by atoms with E-state index in [1.165, 1.54) is 12.1 Å². The van der Waals surface area contributed by atoms with Crippen molar-refractivity contribution >= 4 is 34.2 Å². The first-order chi connectivity index (χ1) is 10.5. The first kappa shape index (κ1) is 15.4. The molecule has 110 valence electrons. The van der Waals surface area contributed by atoms with Crippen molar-refractivity contribution in [3.63, 3.8) is 0 Å². The number of hydrogen-bond donors (Lipinski definition) is 0. The van der Waals surface area contributed by atoms with Crippen LogP contribution in [0.25, 0.3) is 22.3 Å². The Kier molecular flexibility index (Phi) is 4.45. The van der Waals surface area contributed by atoms with Gasteiger partial charge in [-0.05, 0) is 70.1 Å². The molecule has 22 heavy (non-hydrogen) atoms. The standard InChI is InChI=1S/C18H10ClF2I/c19-13-4-8-16(18(21)10-13)12-3-7-15(17(20)9-12)11-1-5-14(22)6-2-11/h1-10H. The van der Waals surface area contributed by atoms with E-state index in [1.807, 2.05) is 24.3 Å². The summed E-state index contributed by atoms with van der Waals surface area (Å²) < 4.78 is 29.4. The molecule has 0 aliphatic heterocycles. The zero-order valence-corrected chi connectivity index (χ0v) is 14.2. The van der Waals surface area contributed by atoms with Crippen molar-refractivity contribution in [1.29, 1.82) is 0 Å². The van der Waals surface area contributed by atoms with Crippen LogP contribution < -0.4 is 0 Å². The van der Waals surface area contributed by atoms with Crippen molar-refractivity contribution in [2.45, 2.75) is 0 Å². The van der Waals surface area contributed by atoms with E-state index in [4.69, 9.17) is 11.6 Å². The van der Waals surface area contributed by atoms with Crippen molar-refractivity contribution in [3.8, 4) is 22.3 Å². The Morgan fingerprint density at radius 1 is 0.682 bits per heavy atom. The predicted octanol–water partition coefficient (Wildman–Crippen LogP) is 6.56. The van der Waals surface area contributed by atoms with E-state index in [2.05, 4.69) is 22.6 Å². The van der Waals surface area contributed by atoms with E-state index in [1.54, 1.807) is 24.3 Å². The molecule has 0 spiro atoms. The second-order valence-corrected chi connectivity index (χ2v) is 6.51. The van der Waals surface area contributed by atoms with Crippen LogP contribution in [0.1, 0.15) is 0 Å². The summed E-state index contributed by atoms with van der Waals surface area (Å²) in [5.41, 5.74) is 2.11. The van der Waals surface area contributed by atoms with Gasteiger partial charge in [0.15, 0.2) is 0 Å². The summed E-state index contributed by atoms with van der Waals surface area (Å²) in [7, 11) is 0. The Hall–Kier alpha value is -1.46. The number of hydrogen-bond acceptors (Lipinski definition) is 0. The molecule has 0 N–H and O–H groups in total. The summed E-state index contributed by atoms with van der Waals surface area (Å²) in [5.74, 6) is -0.845. The van der Waals surface area contributed by atoms with Crippen LogP contribution in [0, 0.1) is 15.2 Å². The van der Waals surface area contributed by atoms with Gasteiger partial charge in [0.05, 0.1) is 0 Å². The highest BCUT2D eigenvalue weighted by molar-refractivity contribution is 14.1. The average molecular weight is 427 g/mol. The minimum Gasteiger partial charge on any atom is -0.206 e. The maximum absolute atomic E-state index is 14.4. The smallest absolute Gasteiger partial charge is 0.132 e. The molecule has 3 aromatic rings. The van der Waals surface area contributed by atoms with E-state index in [9.17, 15) is 8.78 Å². The van der Waals surface area contributed by atoms with Gasteiger partial charge in [0.2, 0.25) is 0 Å². The molecule has 0 aromatic heterocycles. The van der Waals surface area contributed by atoms with Crippen molar-refractivity contribution in [2.24, 2.45) is 0 Å². The highest BCUT2D eigenvalue weighted by Gasteiger charge is 2.10. The molecule has 0 radical (unpaired) electrons. The fourth-order valence-corrected chi connectivity index (χ4v) is 2.79. The molecule has 0 nitrogen and oxygen atoms in total. The molecule has 0 saturated carbocycles. The second-order valence-electron chi connectivity index (χ2n) is 4.83. The van der Waals surface area contributed by atoms with E-state index in [-0.39, 0.29) is 5.82 Å². The monoisotopic (exact) mass is 426 g/mol. The molecule has 0 bridgehead atoms. The Labute approximate surface area is 145 Å². The highest BCUT2D eigenvalue weighted by Crippen LogP contribution is 2.30. The van der Waals surface area contributed by atoms with Crippen LogP contribution in [0.5, 0.6) is 0 Å². The van der Waals surface area contributed by atoms with Gasteiger partial charge in [-0.3, -0.25) is 0 Å². The lowest BCUT2D eigenvalue weighted by Gasteiger charge is -2.08. The normalized spacial score (nSPS) is 10.7. The Bertz CT molecular complexity index is 829. The Morgan fingerprint density at radius 3 is 1.86 bits per heavy atom. The predicted molar refractivity (Wildman–Crippen MR) is 95.0 cm³/mol. The average Bonchev–Trinajstić information content (AvgIpc) is 2.48. The van der Waals surface area contributed by atoms with Gasteiger partial charge in [0.25, 0.3) is 0 Å². The van der Waals surface area contributed by atoms with Crippen molar-refractivity contribution in [2.75, 3.05) is 0 Å². The summed E-state index contributed by atoms with van der Waals surface area (Å²) in [4.78, 5) is 0. The van der Waals surface area contributed by atoms with Gasteiger partial charge in [-0.15, -0.1) is 0 Å². The van der Waals surface area contributed by atoms with Crippen LogP contribution >= 0.6 is 34.2 Å². The van der Waals surface area contributed by atoms with Gasteiger partial charge in [-0.25, -0.2) is 8.78 Å². The topological polar surface area (TPSA) is 0 Å². The molecule has 0 amide bonds. The lowest BCUT2D eigenvalue weighted by molar-refractivity contribution is 0.626. The lowest BCUT2D eigenvalue weighted by Crippen LogP contribution is -1.89. The van der Waals surface area contributed by atoms with Crippen molar-refractivity contribution in [1.82, 2.24) is 0 Å². The zero-order valence-electron chi connectivity index (χ0n) is 11.3. The summed E-state index contributed by atoms with van der Waals surface area (Å²) in [6.07, 6.45) is 0. The molecular formula is C18H10ClF2I. The van der Waals surface area contributed by atoms with Gasteiger partial charge in [0.1, 0.15) is 11.6 Å². The SMILES string of the molecule is Fc1cc(Cl)ccc1-c1ccc(-c2ccc(I)cc2)c(F)c1. The van der Waals surface area contributed by atoms with E-state index in [0.717, 1.165) is 9.13 Å². The second kappa shape index (κ2) is 6.34. The molecule has 0 fully saturated rings. The molecule has 3 aromatic carbocycles.